The Hall–Kier alpha value is -0.830. The molecule has 0 aromatic heterocycles. The minimum absolute atomic E-state index is 0.0103. The molecule has 1 aliphatic rings. The molecular weight excluding hydrogens is 350 g/mol. The van der Waals surface area contributed by atoms with Gasteiger partial charge < -0.3 is 4.74 Å². The Morgan fingerprint density at radius 1 is 1.41 bits per heavy atom. The highest BCUT2D eigenvalue weighted by Crippen LogP contribution is 2.32. The third kappa shape index (κ3) is 3.40. The molecule has 1 atom stereocenters. The number of hydrogen-bond acceptors (Lipinski definition) is 5. The number of methoxy groups -OCH3 is 1. The first-order valence-electron chi connectivity index (χ1n) is 6.77. The van der Waals surface area contributed by atoms with Crippen molar-refractivity contribution in [2.75, 3.05) is 25.2 Å². The quantitative estimate of drug-likeness (QED) is 0.788. The van der Waals surface area contributed by atoms with Gasteiger partial charge in [0.25, 0.3) is 0 Å². The van der Waals surface area contributed by atoms with Crippen LogP contribution in [-0.4, -0.2) is 52.3 Å². The predicted molar refractivity (Wildman–Crippen MR) is 84.6 cm³/mol. The molecule has 0 N–H and O–H groups in total. The van der Waals surface area contributed by atoms with Crippen molar-refractivity contribution < 1.29 is 21.6 Å². The molecule has 1 unspecified atom stereocenters. The van der Waals surface area contributed by atoms with E-state index in [1.54, 1.807) is 6.92 Å². The van der Waals surface area contributed by atoms with Gasteiger partial charge in [0.05, 0.1) is 18.6 Å². The molecular formula is C13H18ClNO5S2. The van der Waals surface area contributed by atoms with E-state index in [0.717, 1.165) is 0 Å². The zero-order chi connectivity index (χ0) is 16.5. The van der Waals surface area contributed by atoms with E-state index in [-0.39, 0.29) is 33.7 Å². The zero-order valence-corrected chi connectivity index (χ0v) is 14.7. The summed E-state index contributed by atoms with van der Waals surface area (Å²) in [5, 5.41) is 0.273. The molecule has 6 nitrogen and oxygen atoms in total. The molecule has 0 spiro atoms. The van der Waals surface area contributed by atoms with E-state index in [4.69, 9.17) is 16.3 Å². The summed E-state index contributed by atoms with van der Waals surface area (Å²) in [7, 11) is -5.70. The lowest BCUT2D eigenvalue weighted by molar-refractivity contribution is 0.349. The number of sulfonamides is 1. The van der Waals surface area contributed by atoms with Gasteiger partial charge in [-0.05, 0) is 24.6 Å². The zero-order valence-electron chi connectivity index (χ0n) is 12.3. The second-order valence-corrected chi connectivity index (χ2v) is 9.58. The van der Waals surface area contributed by atoms with Crippen molar-refractivity contribution in [1.82, 2.24) is 4.31 Å². The van der Waals surface area contributed by atoms with Crippen LogP contribution in [0.4, 0.5) is 0 Å². The maximum atomic E-state index is 12.9. The van der Waals surface area contributed by atoms with Crippen LogP contribution in [-0.2, 0) is 19.9 Å². The van der Waals surface area contributed by atoms with Crippen LogP contribution >= 0.6 is 11.6 Å². The molecule has 1 aromatic carbocycles. The Labute approximate surface area is 136 Å². The van der Waals surface area contributed by atoms with Gasteiger partial charge in [-0.25, -0.2) is 16.8 Å². The molecule has 0 aliphatic carbocycles. The summed E-state index contributed by atoms with van der Waals surface area (Å²) in [6.45, 7) is 1.86. The Kier molecular flexibility index (Phi) is 5.06. The fourth-order valence-electron chi connectivity index (χ4n) is 2.61. The standard InChI is InChI=1S/C13H18ClNO5S2/c1-3-15(11-6-7-21(16,17)9-11)22(18,19)13-8-10(14)4-5-12(13)20-2/h4-5,8,11H,3,6-7,9H2,1-2H3. The molecule has 0 bridgehead atoms. The van der Waals surface area contributed by atoms with Crippen LogP contribution in [0.25, 0.3) is 0 Å². The van der Waals surface area contributed by atoms with Gasteiger partial charge in [0.1, 0.15) is 10.6 Å². The number of rotatable bonds is 5. The topological polar surface area (TPSA) is 80.8 Å². The van der Waals surface area contributed by atoms with E-state index in [1.807, 2.05) is 0 Å². The Bertz CT molecular complexity index is 761. The highest BCUT2D eigenvalue weighted by molar-refractivity contribution is 7.92. The number of benzene rings is 1. The highest BCUT2D eigenvalue weighted by atomic mass is 35.5. The average Bonchev–Trinajstić information content (AvgIpc) is 2.79. The first kappa shape index (κ1) is 17.5. The van der Waals surface area contributed by atoms with E-state index in [0.29, 0.717) is 6.42 Å². The first-order chi connectivity index (χ1) is 10.2. The number of nitrogens with zero attached hydrogens (tertiary/aromatic N) is 1. The number of hydrogen-bond donors (Lipinski definition) is 0. The summed E-state index contributed by atoms with van der Waals surface area (Å²) in [4.78, 5) is -0.0475. The normalized spacial score (nSPS) is 21.2. The van der Waals surface area contributed by atoms with E-state index in [1.165, 1.54) is 29.6 Å². The highest BCUT2D eigenvalue weighted by Gasteiger charge is 2.39. The fourth-order valence-corrected chi connectivity index (χ4v) is 6.51. The molecule has 9 heteroatoms. The van der Waals surface area contributed by atoms with Crippen molar-refractivity contribution >= 4 is 31.5 Å². The van der Waals surface area contributed by atoms with Crippen molar-refractivity contribution in [1.29, 1.82) is 0 Å². The molecule has 1 saturated heterocycles. The van der Waals surface area contributed by atoms with E-state index >= 15 is 0 Å². The molecule has 1 heterocycles. The molecule has 0 saturated carbocycles. The number of sulfone groups is 1. The minimum Gasteiger partial charge on any atom is -0.495 e. The first-order valence-corrected chi connectivity index (χ1v) is 10.4. The van der Waals surface area contributed by atoms with Crippen LogP contribution < -0.4 is 4.74 Å². The summed E-state index contributed by atoms with van der Waals surface area (Å²) in [5.74, 6) is 0.0444. The third-order valence-electron chi connectivity index (χ3n) is 3.64. The molecule has 2 rings (SSSR count). The van der Waals surface area contributed by atoms with Crippen LogP contribution in [0.3, 0.4) is 0 Å². The van der Waals surface area contributed by atoms with Crippen molar-refractivity contribution in [2.45, 2.75) is 24.3 Å². The molecule has 124 valence electrons. The van der Waals surface area contributed by atoms with Crippen LogP contribution in [0.5, 0.6) is 5.75 Å². The van der Waals surface area contributed by atoms with Crippen LogP contribution in [0.15, 0.2) is 23.1 Å². The Balaban J connectivity index is 2.46. The molecule has 1 aromatic rings. The monoisotopic (exact) mass is 367 g/mol. The molecule has 0 amide bonds. The lowest BCUT2D eigenvalue weighted by atomic mass is 10.3. The Morgan fingerprint density at radius 2 is 2.09 bits per heavy atom. The number of ether oxygens (including phenoxy) is 1. The SMILES string of the molecule is CCN(C1CCS(=O)(=O)C1)S(=O)(=O)c1cc(Cl)ccc1OC. The van der Waals surface area contributed by atoms with Gasteiger partial charge in [-0.15, -0.1) is 0 Å². The van der Waals surface area contributed by atoms with Crippen molar-refractivity contribution in [3.8, 4) is 5.75 Å². The molecule has 22 heavy (non-hydrogen) atoms. The van der Waals surface area contributed by atoms with Crippen LogP contribution in [0.1, 0.15) is 13.3 Å². The van der Waals surface area contributed by atoms with Gasteiger partial charge in [0.2, 0.25) is 10.0 Å². The van der Waals surface area contributed by atoms with Gasteiger partial charge in [0, 0.05) is 17.6 Å². The van der Waals surface area contributed by atoms with E-state index in [9.17, 15) is 16.8 Å². The van der Waals surface area contributed by atoms with Crippen LogP contribution in [0.2, 0.25) is 5.02 Å². The largest absolute Gasteiger partial charge is 0.495 e. The molecule has 1 aliphatic heterocycles. The van der Waals surface area contributed by atoms with Gasteiger partial charge in [-0.1, -0.05) is 18.5 Å². The minimum atomic E-state index is -3.89. The second kappa shape index (κ2) is 6.35. The Morgan fingerprint density at radius 3 is 2.59 bits per heavy atom. The van der Waals surface area contributed by atoms with Crippen molar-refractivity contribution in [3.05, 3.63) is 23.2 Å². The summed E-state index contributed by atoms with van der Waals surface area (Å²) in [6, 6.07) is 3.79. The van der Waals surface area contributed by atoms with Gasteiger partial charge in [-0.3, -0.25) is 0 Å². The lowest BCUT2D eigenvalue weighted by Gasteiger charge is -2.26. The van der Waals surface area contributed by atoms with Crippen LogP contribution in [0, 0.1) is 0 Å². The van der Waals surface area contributed by atoms with E-state index in [2.05, 4.69) is 0 Å². The molecule has 1 fully saturated rings. The second-order valence-electron chi connectivity index (χ2n) is 5.06. The maximum absolute atomic E-state index is 12.9. The fraction of sp³-hybridized carbons (Fsp3) is 0.538. The predicted octanol–water partition coefficient (Wildman–Crippen LogP) is 1.55. The molecule has 0 radical (unpaired) electrons. The van der Waals surface area contributed by atoms with Gasteiger partial charge in [-0.2, -0.15) is 4.31 Å². The summed E-state index contributed by atoms with van der Waals surface area (Å²) >= 11 is 5.90. The summed E-state index contributed by atoms with van der Waals surface area (Å²) < 4.78 is 55.4. The van der Waals surface area contributed by atoms with Crippen molar-refractivity contribution in [3.63, 3.8) is 0 Å². The summed E-state index contributed by atoms with van der Waals surface area (Å²) in [6.07, 6.45) is 0.304. The summed E-state index contributed by atoms with van der Waals surface area (Å²) in [5.41, 5.74) is 0. The lowest BCUT2D eigenvalue weighted by Crippen LogP contribution is -2.41. The maximum Gasteiger partial charge on any atom is 0.247 e. The van der Waals surface area contributed by atoms with E-state index < -0.39 is 25.9 Å². The van der Waals surface area contributed by atoms with Gasteiger partial charge in [0.15, 0.2) is 9.84 Å². The van der Waals surface area contributed by atoms with Crippen molar-refractivity contribution in [2.24, 2.45) is 0 Å². The number of halogens is 1. The smallest absolute Gasteiger partial charge is 0.247 e. The average molecular weight is 368 g/mol. The van der Waals surface area contributed by atoms with Gasteiger partial charge >= 0.3 is 0 Å². The third-order valence-corrected chi connectivity index (χ3v) is 7.67.